The number of para-hydroxylation sites is 1. The molecule has 0 fully saturated rings. The van der Waals surface area contributed by atoms with Gasteiger partial charge in [0.15, 0.2) is 12.4 Å². The van der Waals surface area contributed by atoms with Crippen LogP contribution in [0.2, 0.25) is 0 Å². The van der Waals surface area contributed by atoms with Gasteiger partial charge in [-0.1, -0.05) is 18.2 Å². The second-order valence-corrected chi connectivity index (χ2v) is 3.33. The molecule has 0 aliphatic rings. The van der Waals surface area contributed by atoms with E-state index in [2.05, 4.69) is 10.3 Å². The Morgan fingerprint density at radius 3 is 2.47 bits per heavy atom. The molecule has 0 saturated heterocycles. The summed E-state index contributed by atoms with van der Waals surface area (Å²) < 4.78 is 1.77. The molecule has 5 heteroatoms. The highest BCUT2D eigenvalue weighted by Crippen LogP contribution is 2.03. The molecule has 17 heavy (non-hydrogen) atoms. The summed E-state index contributed by atoms with van der Waals surface area (Å²) in [6.07, 6.45) is 6.81. The predicted octanol–water partition coefficient (Wildman–Crippen LogP) is 1.59. The van der Waals surface area contributed by atoms with Crippen LogP contribution in [0.15, 0.2) is 55.1 Å². The van der Waals surface area contributed by atoms with E-state index >= 15 is 0 Å². The summed E-state index contributed by atoms with van der Waals surface area (Å²) in [7, 11) is 0. The zero-order chi connectivity index (χ0) is 11.2. The fourth-order valence-corrected chi connectivity index (χ4v) is 1.34. The van der Waals surface area contributed by atoms with Crippen LogP contribution in [0.4, 0.5) is 5.69 Å². The summed E-state index contributed by atoms with van der Waals surface area (Å²) in [5, 5.41) is 2.81. The van der Waals surface area contributed by atoms with Gasteiger partial charge in [-0.25, -0.2) is 0 Å². The summed E-state index contributed by atoms with van der Waals surface area (Å²) in [5.41, 5.74) is 0.808. The van der Waals surface area contributed by atoms with Crippen LogP contribution in [0.3, 0.4) is 0 Å². The van der Waals surface area contributed by atoms with E-state index in [9.17, 15) is 4.79 Å². The van der Waals surface area contributed by atoms with Gasteiger partial charge < -0.3 is 5.32 Å². The minimum atomic E-state index is -0.0533. The third-order valence-electron chi connectivity index (χ3n) is 2.07. The van der Waals surface area contributed by atoms with Gasteiger partial charge in [0, 0.05) is 5.69 Å². The molecule has 4 nitrogen and oxygen atoms in total. The molecule has 1 N–H and O–H groups in total. The first kappa shape index (κ1) is 13.3. The molecule has 1 amide bonds. The van der Waals surface area contributed by atoms with E-state index in [-0.39, 0.29) is 29.4 Å². The van der Waals surface area contributed by atoms with Gasteiger partial charge >= 0.3 is 0 Å². The largest absolute Gasteiger partial charge is 0.321 e. The molecule has 88 valence electrons. The molecule has 2 rings (SSSR count). The number of nitrogens with one attached hydrogen (secondary N) is 1. The van der Waals surface area contributed by atoms with Crippen molar-refractivity contribution in [1.29, 1.82) is 0 Å². The molecule has 0 aliphatic heterocycles. The molecule has 1 aromatic heterocycles. The van der Waals surface area contributed by atoms with Crippen molar-refractivity contribution in [1.82, 2.24) is 4.98 Å². The topological polar surface area (TPSA) is 45.9 Å². The first-order valence-electron chi connectivity index (χ1n) is 4.98. The number of hydrogen-bond donors (Lipinski definition) is 1. The van der Waals surface area contributed by atoms with Crippen molar-refractivity contribution in [3.8, 4) is 0 Å². The molecule has 0 aliphatic carbocycles. The Kier molecular flexibility index (Phi) is 5.29. The van der Waals surface area contributed by atoms with E-state index in [0.29, 0.717) is 0 Å². The quantitative estimate of drug-likeness (QED) is 0.874. The maximum atomic E-state index is 11.6. The van der Waals surface area contributed by atoms with Gasteiger partial charge in [-0.05, 0) is 12.1 Å². The van der Waals surface area contributed by atoms with Gasteiger partial charge in [-0.3, -0.25) is 9.78 Å². The highest BCUT2D eigenvalue weighted by Gasteiger charge is 2.08. The minimum absolute atomic E-state index is 0. The normalized spacial score (nSPS) is 9.18. The fourth-order valence-electron chi connectivity index (χ4n) is 1.34. The standard InChI is InChI=1S/C12H11N3O.BrH/c16-12(10-15-8-6-13-7-9-15)14-11-4-2-1-3-5-11;/h1-9H,10H2;1H/p+1. The number of carbonyl (C=O) groups excluding carboxylic acids is 1. The van der Waals surface area contributed by atoms with E-state index in [1.165, 1.54) is 0 Å². The number of anilines is 1. The summed E-state index contributed by atoms with van der Waals surface area (Å²) in [4.78, 5) is 15.5. The second kappa shape index (κ2) is 6.75. The van der Waals surface area contributed by atoms with Crippen molar-refractivity contribution in [3.05, 3.63) is 55.1 Å². The van der Waals surface area contributed by atoms with Crippen LogP contribution in [-0.2, 0) is 11.3 Å². The average Bonchev–Trinajstić information content (AvgIpc) is 2.31. The first-order chi connectivity index (χ1) is 7.84. The zero-order valence-corrected chi connectivity index (χ0v) is 10.8. The molecule has 0 atom stereocenters. The third-order valence-corrected chi connectivity index (χ3v) is 2.07. The van der Waals surface area contributed by atoms with E-state index in [1.54, 1.807) is 29.4 Å². The van der Waals surface area contributed by atoms with Gasteiger partial charge in [-0.15, -0.1) is 17.0 Å². The highest BCUT2D eigenvalue weighted by molar-refractivity contribution is 8.93. The lowest BCUT2D eigenvalue weighted by molar-refractivity contribution is -0.684. The summed E-state index contributed by atoms with van der Waals surface area (Å²) in [6, 6.07) is 9.39. The molecule has 1 heterocycles. The van der Waals surface area contributed by atoms with E-state index < -0.39 is 0 Å². The van der Waals surface area contributed by atoms with Crippen LogP contribution in [0.1, 0.15) is 0 Å². The molecule has 1 aromatic carbocycles. The summed E-state index contributed by atoms with van der Waals surface area (Å²) in [5.74, 6) is -0.0533. The number of carbonyl (C=O) groups is 1. The van der Waals surface area contributed by atoms with Crippen LogP contribution in [0.25, 0.3) is 0 Å². The van der Waals surface area contributed by atoms with Crippen LogP contribution < -0.4 is 9.88 Å². The number of amides is 1. The Bertz CT molecular complexity index is 418. The lowest BCUT2D eigenvalue weighted by Crippen LogP contribution is -2.39. The van der Waals surface area contributed by atoms with Crippen LogP contribution >= 0.6 is 17.0 Å². The van der Waals surface area contributed by atoms with Crippen LogP contribution in [-0.4, -0.2) is 10.9 Å². The molecule has 0 spiro atoms. The monoisotopic (exact) mass is 294 g/mol. The Morgan fingerprint density at radius 1 is 1.18 bits per heavy atom. The summed E-state index contributed by atoms with van der Waals surface area (Å²) in [6.45, 7) is 0.289. The molecule has 0 saturated carbocycles. The van der Waals surface area contributed by atoms with Crippen molar-refractivity contribution in [2.45, 2.75) is 6.54 Å². The molecular weight excluding hydrogens is 282 g/mol. The van der Waals surface area contributed by atoms with Crippen molar-refractivity contribution in [2.75, 3.05) is 5.32 Å². The van der Waals surface area contributed by atoms with Crippen molar-refractivity contribution < 1.29 is 9.36 Å². The maximum Gasteiger partial charge on any atom is 0.290 e. The first-order valence-corrected chi connectivity index (χ1v) is 4.98. The van der Waals surface area contributed by atoms with Crippen molar-refractivity contribution in [3.63, 3.8) is 0 Å². The van der Waals surface area contributed by atoms with Gasteiger partial charge in [0.2, 0.25) is 6.54 Å². The Balaban J connectivity index is 0.00000144. The third kappa shape index (κ3) is 4.32. The number of hydrogen-bond acceptors (Lipinski definition) is 2. The minimum Gasteiger partial charge on any atom is -0.321 e. The van der Waals surface area contributed by atoms with Crippen molar-refractivity contribution in [2.24, 2.45) is 0 Å². The molecule has 0 bridgehead atoms. The lowest BCUT2D eigenvalue weighted by atomic mass is 10.3. The highest BCUT2D eigenvalue weighted by atomic mass is 79.9. The SMILES string of the molecule is Br.O=C(C[n+]1ccncc1)Nc1ccccc1. The number of halogens is 1. The molecule has 0 radical (unpaired) electrons. The maximum absolute atomic E-state index is 11.6. The zero-order valence-electron chi connectivity index (χ0n) is 9.11. The average molecular weight is 295 g/mol. The van der Waals surface area contributed by atoms with Crippen LogP contribution in [0.5, 0.6) is 0 Å². The predicted molar refractivity (Wildman–Crippen MR) is 69.8 cm³/mol. The lowest BCUT2D eigenvalue weighted by Gasteiger charge is -2.01. The Morgan fingerprint density at radius 2 is 1.82 bits per heavy atom. The van der Waals surface area contributed by atoms with E-state index in [4.69, 9.17) is 0 Å². The number of rotatable bonds is 3. The molecule has 2 aromatic rings. The van der Waals surface area contributed by atoms with E-state index in [0.717, 1.165) is 5.69 Å². The van der Waals surface area contributed by atoms with E-state index in [1.807, 2.05) is 30.3 Å². The smallest absolute Gasteiger partial charge is 0.290 e. The van der Waals surface area contributed by atoms with Gasteiger partial charge in [0.1, 0.15) is 0 Å². The molecular formula is C12H13BrN3O+. The Labute approximate surface area is 110 Å². The number of nitrogens with zero attached hydrogens (tertiary/aromatic N) is 2. The van der Waals surface area contributed by atoms with Crippen LogP contribution in [0, 0.1) is 0 Å². The second-order valence-electron chi connectivity index (χ2n) is 3.33. The van der Waals surface area contributed by atoms with Gasteiger partial charge in [0.05, 0.1) is 12.4 Å². The van der Waals surface area contributed by atoms with Crippen molar-refractivity contribution >= 4 is 28.6 Å². The number of benzene rings is 1. The van der Waals surface area contributed by atoms with Gasteiger partial charge in [0.25, 0.3) is 5.91 Å². The fraction of sp³-hybridized carbons (Fsp3) is 0.0833. The number of aromatic nitrogens is 2. The molecule has 0 unspecified atom stereocenters. The van der Waals surface area contributed by atoms with Gasteiger partial charge in [-0.2, -0.15) is 4.57 Å². The summed E-state index contributed by atoms with van der Waals surface area (Å²) >= 11 is 0. The Hall–Kier alpha value is -1.75.